The highest BCUT2D eigenvalue weighted by molar-refractivity contribution is 6.31. The summed E-state index contributed by atoms with van der Waals surface area (Å²) < 4.78 is 0. The third-order valence-electron chi connectivity index (χ3n) is 6.52. The number of hydrogen-bond donors (Lipinski definition) is 3. The van der Waals surface area contributed by atoms with E-state index in [2.05, 4.69) is 49.6 Å². The van der Waals surface area contributed by atoms with E-state index in [0.717, 1.165) is 81.3 Å². The molecule has 194 valence electrons. The largest absolute Gasteiger partial charge is 0.384 e. The van der Waals surface area contributed by atoms with E-state index in [-0.39, 0.29) is 0 Å². The van der Waals surface area contributed by atoms with Gasteiger partial charge in [0, 0.05) is 61.6 Å². The SMILES string of the molecule is CCN(CC)CCNc1nc(NCCCNc2ccnc3cc(Cl)ccc23)nc(N2CCCCC2)n1. The van der Waals surface area contributed by atoms with Crippen LogP contribution in [0.5, 0.6) is 0 Å². The Morgan fingerprint density at radius 3 is 2.36 bits per heavy atom. The van der Waals surface area contributed by atoms with E-state index < -0.39 is 0 Å². The summed E-state index contributed by atoms with van der Waals surface area (Å²) >= 11 is 6.11. The lowest BCUT2D eigenvalue weighted by atomic mass is 10.1. The highest BCUT2D eigenvalue weighted by Crippen LogP contribution is 2.24. The van der Waals surface area contributed by atoms with Crippen LogP contribution in [0.1, 0.15) is 39.5 Å². The van der Waals surface area contributed by atoms with Gasteiger partial charge in [0.2, 0.25) is 17.8 Å². The first-order valence-corrected chi connectivity index (χ1v) is 13.5. The summed E-state index contributed by atoms with van der Waals surface area (Å²) in [4.78, 5) is 23.2. The first-order valence-electron chi connectivity index (χ1n) is 13.2. The molecule has 1 aliphatic rings. The number of pyridine rings is 1. The maximum absolute atomic E-state index is 6.11. The van der Waals surface area contributed by atoms with Crippen molar-refractivity contribution < 1.29 is 0 Å². The van der Waals surface area contributed by atoms with E-state index in [9.17, 15) is 0 Å². The molecule has 3 N–H and O–H groups in total. The molecule has 9 nitrogen and oxygen atoms in total. The minimum Gasteiger partial charge on any atom is -0.384 e. The van der Waals surface area contributed by atoms with Gasteiger partial charge in [-0.15, -0.1) is 0 Å². The van der Waals surface area contributed by atoms with Gasteiger partial charge in [-0.3, -0.25) is 4.98 Å². The van der Waals surface area contributed by atoms with Crippen LogP contribution < -0.4 is 20.9 Å². The van der Waals surface area contributed by atoms with Gasteiger partial charge in [-0.1, -0.05) is 25.4 Å². The second kappa shape index (κ2) is 13.4. The van der Waals surface area contributed by atoms with Crippen molar-refractivity contribution >= 4 is 46.0 Å². The van der Waals surface area contributed by atoms with Gasteiger partial charge in [0.25, 0.3) is 0 Å². The maximum atomic E-state index is 6.11. The Kier molecular flexibility index (Phi) is 9.75. The summed E-state index contributed by atoms with van der Waals surface area (Å²) in [5.41, 5.74) is 1.95. The number of rotatable bonds is 13. The Bertz CT molecular complexity index is 1100. The van der Waals surface area contributed by atoms with Crippen molar-refractivity contribution in [3.63, 3.8) is 0 Å². The normalized spacial score (nSPS) is 13.8. The maximum Gasteiger partial charge on any atom is 0.231 e. The first-order chi connectivity index (χ1) is 17.7. The molecule has 0 atom stereocenters. The fourth-order valence-electron chi connectivity index (χ4n) is 4.41. The smallest absolute Gasteiger partial charge is 0.231 e. The second-order valence-electron chi connectivity index (χ2n) is 9.01. The van der Waals surface area contributed by atoms with Crippen molar-refractivity contribution in [2.75, 3.05) is 73.2 Å². The van der Waals surface area contributed by atoms with E-state index in [1.807, 2.05) is 24.3 Å². The summed E-state index contributed by atoms with van der Waals surface area (Å²) in [6, 6.07) is 7.79. The van der Waals surface area contributed by atoms with Crippen molar-refractivity contribution in [2.24, 2.45) is 0 Å². The molecule has 1 aliphatic heterocycles. The molecule has 0 amide bonds. The molecule has 0 bridgehead atoms. The van der Waals surface area contributed by atoms with E-state index >= 15 is 0 Å². The summed E-state index contributed by atoms with van der Waals surface area (Å²) in [5.74, 6) is 2.03. The average Bonchev–Trinajstić information content (AvgIpc) is 2.91. The molecule has 0 saturated carbocycles. The minimum atomic E-state index is 0.625. The van der Waals surface area contributed by atoms with E-state index in [0.29, 0.717) is 16.9 Å². The number of hydrogen-bond acceptors (Lipinski definition) is 9. The van der Waals surface area contributed by atoms with Gasteiger partial charge in [-0.05, 0) is 63.0 Å². The number of nitrogens with zero attached hydrogens (tertiary/aromatic N) is 6. The Morgan fingerprint density at radius 1 is 0.889 bits per heavy atom. The fourth-order valence-corrected chi connectivity index (χ4v) is 4.58. The number of nitrogens with one attached hydrogen (secondary N) is 3. The Hall–Kier alpha value is -2.91. The molecular formula is C26H38ClN9. The lowest BCUT2D eigenvalue weighted by molar-refractivity contribution is 0.316. The average molecular weight is 512 g/mol. The number of fused-ring (bicyclic) bond motifs is 1. The van der Waals surface area contributed by atoms with Crippen molar-refractivity contribution in [3.05, 3.63) is 35.5 Å². The first kappa shape index (κ1) is 26.2. The monoisotopic (exact) mass is 511 g/mol. The lowest BCUT2D eigenvalue weighted by Crippen LogP contribution is -2.32. The zero-order valence-corrected chi connectivity index (χ0v) is 22.2. The third-order valence-corrected chi connectivity index (χ3v) is 6.76. The number of likely N-dealkylation sites (N-methyl/N-ethyl adjacent to an activating group) is 1. The van der Waals surface area contributed by atoms with Gasteiger partial charge >= 0.3 is 0 Å². The van der Waals surface area contributed by atoms with Crippen LogP contribution in [-0.4, -0.2) is 77.2 Å². The molecule has 1 saturated heterocycles. The molecule has 36 heavy (non-hydrogen) atoms. The van der Waals surface area contributed by atoms with Gasteiger partial charge in [0.15, 0.2) is 0 Å². The molecular weight excluding hydrogens is 474 g/mol. The summed E-state index contributed by atoms with van der Waals surface area (Å²) in [5, 5.41) is 12.1. The predicted molar refractivity (Wildman–Crippen MR) is 151 cm³/mol. The highest BCUT2D eigenvalue weighted by atomic mass is 35.5. The molecule has 0 unspecified atom stereocenters. The standard InChI is InChI=1S/C26H38ClN9/c1-3-35(4-2)18-15-31-25-32-24(33-26(34-25)36-16-6-5-7-17-36)30-13-8-12-28-22-11-14-29-23-19-20(27)9-10-21(22)23/h9-11,14,19H,3-8,12-13,15-18H2,1-2H3,(H,28,29)(H2,30,31,32,33,34). The van der Waals surface area contributed by atoms with Crippen molar-refractivity contribution in [3.8, 4) is 0 Å². The summed E-state index contributed by atoms with van der Waals surface area (Å²) in [7, 11) is 0. The van der Waals surface area contributed by atoms with Crippen LogP contribution in [0.3, 0.4) is 0 Å². The Morgan fingerprint density at radius 2 is 1.61 bits per heavy atom. The van der Waals surface area contributed by atoms with E-state index in [1.54, 1.807) is 6.20 Å². The van der Waals surface area contributed by atoms with Gasteiger partial charge < -0.3 is 25.8 Å². The molecule has 4 rings (SSSR count). The van der Waals surface area contributed by atoms with Gasteiger partial charge in [0.1, 0.15) is 0 Å². The van der Waals surface area contributed by atoms with Gasteiger partial charge in [0.05, 0.1) is 5.52 Å². The number of anilines is 4. The van der Waals surface area contributed by atoms with Crippen LogP contribution in [0.25, 0.3) is 10.9 Å². The molecule has 0 spiro atoms. The predicted octanol–water partition coefficient (Wildman–Crippen LogP) is 4.73. The Balaban J connectivity index is 1.33. The molecule has 0 radical (unpaired) electrons. The minimum absolute atomic E-state index is 0.625. The summed E-state index contributed by atoms with van der Waals surface area (Å²) in [6.45, 7) is 11.8. The van der Waals surface area contributed by atoms with Gasteiger partial charge in [-0.2, -0.15) is 15.0 Å². The lowest BCUT2D eigenvalue weighted by Gasteiger charge is -2.27. The topological polar surface area (TPSA) is 94.1 Å². The molecule has 10 heteroatoms. The molecule has 1 aromatic carbocycles. The number of piperidine rings is 1. The van der Waals surface area contributed by atoms with Crippen LogP contribution in [0.15, 0.2) is 30.5 Å². The van der Waals surface area contributed by atoms with Crippen LogP contribution in [0, 0.1) is 0 Å². The van der Waals surface area contributed by atoms with E-state index in [1.165, 1.54) is 19.3 Å². The molecule has 2 aromatic heterocycles. The van der Waals surface area contributed by atoms with Crippen LogP contribution in [0.2, 0.25) is 5.02 Å². The van der Waals surface area contributed by atoms with Crippen molar-refractivity contribution in [1.29, 1.82) is 0 Å². The van der Waals surface area contributed by atoms with Crippen molar-refractivity contribution in [1.82, 2.24) is 24.8 Å². The number of benzene rings is 1. The summed E-state index contributed by atoms with van der Waals surface area (Å²) in [6.07, 6.45) is 6.35. The van der Waals surface area contributed by atoms with Crippen LogP contribution in [0.4, 0.5) is 23.5 Å². The zero-order valence-electron chi connectivity index (χ0n) is 21.4. The van der Waals surface area contributed by atoms with Crippen molar-refractivity contribution in [2.45, 2.75) is 39.5 Å². The Labute approximate surface area is 219 Å². The molecule has 3 heterocycles. The molecule has 1 fully saturated rings. The number of aromatic nitrogens is 4. The second-order valence-corrected chi connectivity index (χ2v) is 9.45. The molecule has 0 aliphatic carbocycles. The number of halogens is 1. The van der Waals surface area contributed by atoms with Crippen LogP contribution >= 0.6 is 11.6 Å². The van der Waals surface area contributed by atoms with Gasteiger partial charge in [-0.25, -0.2) is 0 Å². The fraction of sp³-hybridized carbons (Fsp3) is 0.538. The van der Waals surface area contributed by atoms with E-state index in [4.69, 9.17) is 21.6 Å². The molecule has 3 aromatic rings. The zero-order chi connectivity index (χ0) is 25.2. The quantitative estimate of drug-likeness (QED) is 0.281. The third kappa shape index (κ3) is 7.30. The van der Waals surface area contributed by atoms with Crippen LogP contribution in [-0.2, 0) is 0 Å². The highest BCUT2D eigenvalue weighted by Gasteiger charge is 2.16.